The van der Waals surface area contributed by atoms with Gasteiger partial charge in [0.2, 0.25) is 0 Å². The van der Waals surface area contributed by atoms with E-state index in [4.69, 9.17) is 27.9 Å². The van der Waals surface area contributed by atoms with Gasteiger partial charge in [0.05, 0.1) is 12.2 Å². The Morgan fingerprint density at radius 3 is 2.18 bits per heavy atom. The SMILES string of the molecule is Cc1nn(Cc2ccc(Cl)cc2Cl)c2sc(C(=O)OCC(=O)N(Cc3ccccc3)Cc3ccccc3)cc12. The number of halogens is 2. The Kier molecular flexibility index (Phi) is 8.31. The summed E-state index contributed by atoms with van der Waals surface area (Å²) in [5.74, 6) is -0.809. The van der Waals surface area contributed by atoms with Gasteiger partial charge in [-0.3, -0.25) is 4.79 Å². The van der Waals surface area contributed by atoms with Crippen LogP contribution in [0.2, 0.25) is 10.0 Å². The maximum Gasteiger partial charge on any atom is 0.348 e. The number of amides is 1. The molecule has 0 spiro atoms. The molecule has 0 aliphatic heterocycles. The number of nitrogens with zero attached hydrogens (tertiary/aromatic N) is 3. The zero-order valence-corrected chi connectivity index (χ0v) is 23.5. The van der Waals surface area contributed by atoms with E-state index in [0.717, 1.165) is 32.6 Å². The molecule has 0 radical (unpaired) electrons. The molecule has 3 aromatic carbocycles. The molecule has 0 fully saturated rings. The second-order valence-corrected chi connectivity index (χ2v) is 11.0. The van der Waals surface area contributed by atoms with Crippen molar-refractivity contribution in [2.24, 2.45) is 0 Å². The molecule has 0 saturated carbocycles. The Labute approximate surface area is 240 Å². The normalized spacial score (nSPS) is 11.1. The highest BCUT2D eigenvalue weighted by Crippen LogP contribution is 2.30. The van der Waals surface area contributed by atoms with Crippen LogP contribution >= 0.6 is 34.5 Å². The average molecular weight is 579 g/mol. The Hall–Kier alpha value is -3.65. The van der Waals surface area contributed by atoms with Crippen molar-refractivity contribution in [2.75, 3.05) is 6.61 Å². The lowest BCUT2D eigenvalue weighted by Gasteiger charge is -2.23. The van der Waals surface area contributed by atoms with Crippen LogP contribution in [0.4, 0.5) is 0 Å². The highest BCUT2D eigenvalue weighted by atomic mass is 35.5. The number of carbonyl (C=O) groups is 2. The van der Waals surface area contributed by atoms with Crippen LogP contribution in [-0.2, 0) is 29.2 Å². The number of thiophene rings is 1. The van der Waals surface area contributed by atoms with Gasteiger partial charge in [-0.15, -0.1) is 11.3 Å². The van der Waals surface area contributed by atoms with Gasteiger partial charge in [-0.05, 0) is 41.8 Å². The van der Waals surface area contributed by atoms with Crippen molar-refractivity contribution in [3.8, 4) is 0 Å². The zero-order chi connectivity index (χ0) is 27.4. The maximum absolute atomic E-state index is 13.2. The minimum absolute atomic E-state index is 0.267. The number of ether oxygens (including phenoxy) is 1. The zero-order valence-electron chi connectivity index (χ0n) is 21.1. The van der Waals surface area contributed by atoms with Crippen LogP contribution in [0.3, 0.4) is 0 Å². The van der Waals surface area contributed by atoms with Crippen molar-refractivity contribution in [1.29, 1.82) is 0 Å². The van der Waals surface area contributed by atoms with Crippen molar-refractivity contribution in [1.82, 2.24) is 14.7 Å². The first-order valence-electron chi connectivity index (χ1n) is 12.3. The summed E-state index contributed by atoms with van der Waals surface area (Å²) in [6, 6.07) is 26.6. The van der Waals surface area contributed by atoms with E-state index in [2.05, 4.69) is 5.10 Å². The lowest BCUT2D eigenvalue weighted by atomic mass is 10.1. The maximum atomic E-state index is 13.2. The molecule has 0 bridgehead atoms. The number of aryl methyl sites for hydroxylation is 1. The molecule has 5 rings (SSSR count). The molecule has 198 valence electrons. The van der Waals surface area contributed by atoms with Crippen molar-refractivity contribution < 1.29 is 14.3 Å². The lowest BCUT2D eigenvalue weighted by molar-refractivity contribution is -0.135. The summed E-state index contributed by atoms with van der Waals surface area (Å²) in [4.78, 5) is 29.1. The molecule has 1 amide bonds. The molecule has 0 unspecified atom stereocenters. The minimum Gasteiger partial charge on any atom is -0.451 e. The Morgan fingerprint density at radius 1 is 0.923 bits per heavy atom. The Morgan fingerprint density at radius 2 is 1.56 bits per heavy atom. The molecule has 2 aromatic heterocycles. The van der Waals surface area contributed by atoms with Gasteiger partial charge in [0.15, 0.2) is 6.61 Å². The predicted octanol–water partition coefficient (Wildman–Crippen LogP) is 7.15. The first kappa shape index (κ1) is 26.9. The third-order valence-electron chi connectivity index (χ3n) is 6.26. The fraction of sp³-hybridized carbons (Fsp3) is 0.167. The minimum atomic E-state index is -0.542. The fourth-order valence-corrected chi connectivity index (χ4v) is 5.78. The van der Waals surface area contributed by atoms with Crippen LogP contribution in [0.1, 0.15) is 32.1 Å². The molecule has 0 N–H and O–H groups in total. The standard InChI is InChI=1S/C30H25Cl2N3O3S/c1-20-25-15-27(39-29(25)35(33-20)18-23-12-13-24(31)14-26(23)32)30(37)38-19-28(36)34(16-21-8-4-2-5-9-21)17-22-10-6-3-7-11-22/h2-15H,16-19H2,1H3. The van der Waals surface area contributed by atoms with E-state index in [-0.39, 0.29) is 12.5 Å². The summed E-state index contributed by atoms with van der Waals surface area (Å²) >= 11 is 13.7. The van der Waals surface area contributed by atoms with E-state index in [1.165, 1.54) is 11.3 Å². The van der Waals surface area contributed by atoms with E-state index >= 15 is 0 Å². The van der Waals surface area contributed by atoms with Gasteiger partial charge in [0.25, 0.3) is 5.91 Å². The predicted molar refractivity (Wildman–Crippen MR) is 155 cm³/mol. The van der Waals surface area contributed by atoms with Crippen molar-refractivity contribution >= 4 is 56.6 Å². The molecule has 0 atom stereocenters. The summed E-state index contributed by atoms with van der Waals surface area (Å²) in [6.07, 6.45) is 0. The molecule has 39 heavy (non-hydrogen) atoms. The second-order valence-electron chi connectivity index (χ2n) is 9.11. The van der Waals surface area contributed by atoms with Crippen LogP contribution in [0.15, 0.2) is 84.9 Å². The third-order valence-corrected chi connectivity index (χ3v) is 7.97. The first-order chi connectivity index (χ1) is 18.9. The number of hydrogen-bond donors (Lipinski definition) is 0. The van der Waals surface area contributed by atoms with Gasteiger partial charge in [-0.1, -0.05) is 89.9 Å². The van der Waals surface area contributed by atoms with Gasteiger partial charge < -0.3 is 9.64 Å². The van der Waals surface area contributed by atoms with Crippen molar-refractivity contribution in [3.05, 3.63) is 122 Å². The van der Waals surface area contributed by atoms with Crippen molar-refractivity contribution in [3.63, 3.8) is 0 Å². The molecule has 6 nitrogen and oxygen atoms in total. The number of carbonyl (C=O) groups excluding carboxylic acids is 2. The smallest absolute Gasteiger partial charge is 0.348 e. The summed E-state index contributed by atoms with van der Waals surface area (Å²) in [7, 11) is 0. The molecular formula is C30H25Cl2N3O3S. The molecular weight excluding hydrogens is 553 g/mol. The lowest BCUT2D eigenvalue weighted by Crippen LogP contribution is -2.33. The summed E-state index contributed by atoms with van der Waals surface area (Å²) in [5.41, 5.74) is 3.65. The number of fused-ring (bicyclic) bond motifs is 1. The highest BCUT2D eigenvalue weighted by Gasteiger charge is 2.21. The van der Waals surface area contributed by atoms with Gasteiger partial charge in [-0.25, -0.2) is 9.48 Å². The fourth-order valence-electron chi connectivity index (χ4n) is 4.26. The Bertz CT molecular complexity index is 1580. The summed E-state index contributed by atoms with van der Waals surface area (Å²) in [6.45, 7) is 2.80. The largest absolute Gasteiger partial charge is 0.451 e. The van der Waals surface area contributed by atoms with Crippen LogP contribution < -0.4 is 0 Å². The molecule has 5 aromatic rings. The van der Waals surface area contributed by atoms with Gasteiger partial charge >= 0.3 is 5.97 Å². The van der Waals surface area contributed by atoms with Crippen LogP contribution in [0.5, 0.6) is 0 Å². The summed E-state index contributed by atoms with van der Waals surface area (Å²) < 4.78 is 7.30. The quantitative estimate of drug-likeness (QED) is 0.174. The van der Waals surface area contributed by atoms with Gasteiger partial charge in [-0.2, -0.15) is 5.10 Å². The molecule has 2 heterocycles. The number of esters is 1. The topological polar surface area (TPSA) is 64.4 Å². The summed E-state index contributed by atoms with van der Waals surface area (Å²) in [5, 5.41) is 6.58. The van der Waals surface area contributed by atoms with Crippen LogP contribution in [0, 0.1) is 6.92 Å². The molecule has 0 aliphatic carbocycles. The number of rotatable bonds is 9. The molecule has 9 heteroatoms. The van der Waals surface area contributed by atoms with Gasteiger partial charge in [0.1, 0.15) is 9.71 Å². The number of hydrogen-bond acceptors (Lipinski definition) is 5. The van der Waals surface area contributed by atoms with E-state index in [9.17, 15) is 9.59 Å². The van der Waals surface area contributed by atoms with Gasteiger partial charge in [0, 0.05) is 28.5 Å². The van der Waals surface area contributed by atoms with E-state index < -0.39 is 5.97 Å². The highest BCUT2D eigenvalue weighted by molar-refractivity contribution is 7.20. The average Bonchev–Trinajstić information content (AvgIpc) is 3.50. The Balaban J connectivity index is 1.29. The van der Waals surface area contributed by atoms with Crippen LogP contribution in [-0.4, -0.2) is 33.2 Å². The first-order valence-corrected chi connectivity index (χ1v) is 13.9. The number of benzene rings is 3. The van der Waals surface area contributed by atoms with E-state index in [1.807, 2.05) is 78.3 Å². The molecule has 0 saturated heterocycles. The monoisotopic (exact) mass is 577 g/mol. The second kappa shape index (κ2) is 12.0. The van der Waals surface area contributed by atoms with Crippen molar-refractivity contribution in [2.45, 2.75) is 26.6 Å². The van der Waals surface area contributed by atoms with E-state index in [0.29, 0.717) is 34.6 Å². The third kappa shape index (κ3) is 6.50. The molecule has 0 aliphatic rings. The van der Waals surface area contributed by atoms with Crippen LogP contribution in [0.25, 0.3) is 10.2 Å². The van der Waals surface area contributed by atoms with E-state index in [1.54, 1.807) is 23.1 Å². The number of aromatic nitrogens is 2.